The molecule has 0 unspecified atom stereocenters. The molecule has 0 bridgehead atoms. The summed E-state index contributed by atoms with van der Waals surface area (Å²) >= 11 is 0. The molecule has 1 aliphatic heterocycles. The Morgan fingerprint density at radius 3 is 3.06 bits per heavy atom. The molecule has 0 radical (unpaired) electrons. The van der Waals surface area contributed by atoms with Crippen LogP contribution < -0.4 is 11.5 Å². The number of rotatable bonds is 2. The lowest BCUT2D eigenvalue weighted by Gasteiger charge is -2.13. The molecule has 2 aromatic heterocycles. The van der Waals surface area contributed by atoms with Crippen molar-refractivity contribution in [1.82, 2.24) is 9.88 Å². The summed E-state index contributed by atoms with van der Waals surface area (Å²) in [5.74, 6) is 1.11. The van der Waals surface area contributed by atoms with Gasteiger partial charge in [0.25, 0.3) is 0 Å². The zero-order valence-corrected chi connectivity index (χ0v) is 9.80. The minimum Gasteiger partial charge on any atom is -0.459 e. The number of pyridine rings is 1. The van der Waals surface area contributed by atoms with Gasteiger partial charge in [-0.05, 0) is 18.6 Å². The molecule has 94 valence electrons. The summed E-state index contributed by atoms with van der Waals surface area (Å²) in [6, 6.07) is 3.21. The minimum atomic E-state index is -0.374. The molecule has 6 nitrogen and oxygen atoms in total. The summed E-state index contributed by atoms with van der Waals surface area (Å²) < 4.78 is 5.64. The van der Waals surface area contributed by atoms with E-state index in [1.54, 1.807) is 17.2 Å². The molecule has 2 aromatic rings. The van der Waals surface area contributed by atoms with Gasteiger partial charge in [-0.2, -0.15) is 0 Å². The quantitative estimate of drug-likeness (QED) is 0.802. The Balaban J connectivity index is 1.87. The number of carbonyl (C=O) groups excluding carboxylic acids is 1. The fourth-order valence-corrected chi connectivity index (χ4v) is 2.22. The average Bonchev–Trinajstić information content (AvgIpc) is 2.89. The first kappa shape index (κ1) is 11.0. The molecule has 1 amide bonds. The van der Waals surface area contributed by atoms with Gasteiger partial charge in [-0.15, -0.1) is 0 Å². The molecule has 0 spiro atoms. The summed E-state index contributed by atoms with van der Waals surface area (Å²) in [6.45, 7) is 1.10. The first-order chi connectivity index (χ1) is 8.65. The molecule has 0 aromatic carbocycles. The maximum atomic E-state index is 11.7. The third-order valence-electron chi connectivity index (χ3n) is 3.21. The smallest absolute Gasteiger partial charge is 0.239 e. The van der Waals surface area contributed by atoms with E-state index in [1.807, 2.05) is 6.07 Å². The number of likely N-dealkylation sites (tertiary alicyclic amines) is 1. The zero-order chi connectivity index (χ0) is 12.7. The molecule has 6 heteroatoms. The van der Waals surface area contributed by atoms with E-state index in [9.17, 15) is 4.79 Å². The molecule has 0 saturated carbocycles. The Hall–Kier alpha value is -2.08. The Morgan fingerprint density at radius 1 is 1.56 bits per heavy atom. The van der Waals surface area contributed by atoms with Crippen molar-refractivity contribution in [2.24, 2.45) is 5.73 Å². The molecule has 1 saturated heterocycles. The van der Waals surface area contributed by atoms with Crippen LogP contribution in [0.3, 0.4) is 0 Å². The number of aromatic nitrogens is 1. The van der Waals surface area contributed by atoms with Gasteiger partial charge in [0, 0.05) is 12.7 Å². The van der Waals surface area contributed by atoms with Crippen molar-refractivity contribution in [3.63, 3.8) is 0 Å². The van der Waals surface area contributed by atoms with Crippen molar-refractivity contribution in [1.29, 1.82) is 0 Å². The summed E-state index contributed by atoms with van der Waals surface area (Å²) in [4.78, 5) is 17.4. The van der Waals surface area contributed by atoms with Crippen LogP contribution in [0.1, 0.15) is 12.2 Å². The lowest BCUT2D eigenvalue weighted by Crippen LogP contribution is -2.33. The topological polar surface area (TPSA) is 98.4 Å². The molecule has 1 fully saturated rings. The molecule has 0 aliphatic carbocycles. The third kappa shape index (κ3) is 1.70. The van der Waals surface area contributed by atoms with Crippen LogP contribution >= 0.6 is 0 Å². The second-order valence-electron chi connectivity index (χ2n) is 4.48. The highest BCUT2D eigenvalue weighted by molar-refractivity contribution is 5.87. The summed E-state index contributed by atoms with van der Waals surface area (Å²) in [5, 5.41) is 0.781. The van der Waals surface area contributed by atoms with E-state index in [4.69, 9.17) is 15.9 Å². The zero-order valence-electron chi connectivity index (χ0n) is 9.80. The Bertz CT molecular complexity index is 607. The van der Waals surface area contributed by atoms with E-state index < -0.39 is 0 Å². The largest absolute Gasteiger partial charge is 0.459 e. The van der Waals surface area contributed by atoms with Crippen LogP contribution in [-0.2, 0) is 11.3 Å². The molecule has 3 heterocycles. The monoisotopic (exact) mass is 246 g/mol. The number of nitrogen functional groups attached to an aromatic ring is 1. The number of amides is 1. The van der Waals surface area contributed by atoms with Gasteiger partial charge in [0.2, 0.25) is 5.91 Å². The van der Waals surface area contributed by atoms with Gasteiger partial charge in [0.15, 0.2) is 0 Å². The fraction of sp³-hybridized carbons (Fsp3) is 0.333. The van der Waals surface area contributed by atoms with E-state index in [0.29, 0.717) is 36.7 Å². The van der Waals surface area contributed by atoms with Crippen molar-refractivity contribution in [2.45, 2.75) is 19.0 Å². The normalized spacial score (nSPS) is 19.9. The maximum Gasteiger partial charge on any atom is 0.239 e. The number of anilines is 1. The number of hydrogen-bond acceptors (Lipinski definition) is 5. The van der Waals surface area contributed by atoms with Gasteiger partial charge in [-0.1, -0.05) is 0 Å². The number of nitrogens with two attached hydrogens (primary N) is 2. The summed E-state index contributed by atoms with van der Waals surface area (Å²) in [5.41, 5.74) is 12.1. The lowest BCUT2D eigenvalue weighted by atomic mass is 10.3. The standard InChI is InChI=1S/C12H14N4O2/c13-9-2-4-16(12(9)17)6-7-5-8-10(18-7)1-3-15-11(8)14/h1,3,5,9H,2,4,6,13H2,(H2,14,15)/t9-/m0/s1. The number of hydrogen-bond donors (Lipinski definition) is 2. The van der Waals surface area contributed by atoms with Crippen LogP contribution in [0, 0.1) is 0 Å². The Kier molecular flexibility index (Phi) is 2.45. The van der Waals surface area contributed by atoms with Crippen molar-refractivity contribution in [2.75, 3.05) is 12.3 Å². The number of fused-ring (bicyclic) bond motifs is 1. The molecular weight excluding hydrogens is 232 g/mol. The van der Waals surface area contributed by atoms with Gasteiger partial charge in [0.05, 0.1) is 18.0 Å². The van der Waals surface area contributed by atoms with Crippen molar-refractivity contribution in [3.8, 4) is 0 Å². The van der Waals surface area contributed by atoms with E-state index >= 15 is 0 Å². The first-order valence-corrected chi connectivity index (χ1v) is 5.82. The maximum absolute atomic E-state index is 11.7. The van der Waals surface area contributed by atoms with E-state index in [1.165, 1.54) is 0 Å². The van der Waals surface area contributed by atoms with E-state index in [0.717, 1.165) is 5.39 Å². The van der Waals surface area contributed by atoms with Gasteiger partial charge in [-0.3, -0.25) is 4.79 Å². The predicted octanol–water partition coefficient (Wildman–Crippen LogP) is 0.470. The van der Waals surface area contributed by atoms with Crippen molar-refractivity contribution in [3.05, 3.63) is 24.1 Å². The van der Waals surface area contributed by atoms with Crippen LogP contribution in [-0.4, -0.2) is 28.4 Å². The number of nitrogens with zero attached hydrogens (tertiary/aromatic N) is 2. The van der Waals surface area contributed by atoms with E-state index in [2.05, 4.69) is 4.98 Å². The van der Waals surface area contributed by atoms with Crippen LogP contribution in [0.5, 0.6) is 0 Å². The molecular formula is C12H14N4O2. The van der Waals surface area contributed by atoms with Crippen LogP contribution in [0.4, 0.5) is 5.82 Å². The minimum absolute atomic E-state index is 0.0263. The van der Waals surface area contributed by atoms with Gasteiger partial charge in [0.1, 0.15) is 17.2 Å². The van der Waals surface area contributed by atoms with Gasteiger partial charge >= 0.3 is 0 Å². The Labute approximate surface area is 104 Å². The van der Waals surface area contributed by atoms with E-state index in [-0.39, 0.29) is 11.9 Å². The third-order valence-corrected chi connectivity index (χ3v) is 3.21. The average molecular weight is 246 g/mol. The van der Waals surface area contributed by atoms with Crippen LogP contribution in [0.2, 0.25) is 0 Å². The summed E-state index contributed by atoms with van der Waals surface area (Å²) in [7, 11) is 0. The molecule has 1 aliphatic rings. The highest BCUT2D eigenvalue weighted by Gasteiger charge is 2.29. The summed E-state index contributed by atoms with van der Waals surface area (Å²) in [6.07, 6.45) is 2.30. The fourth-order valence-electron chi connectivity index (χ4n) is 2.22. The highest BCUT2D eigenvalue weighted by atomic mass is 16.3. The SMILES string of the molecule is Nc1nccc2oc(CN3CC[C@H](N)C3=O)cc12. The lowest BCUT2D eigenvalue weighted by molar-refractivity contribution is -0.129. The number of carbonyl (C=O) groups is 1. The highest BCUT2D eigenvalue weighted by Crippen LogP contribution is 2.24. The predicted molar refractivity (Wildman–Crippen MR) is 66.4 cm³/mol. The Morgan fingerprint density at radius 2 is 2.39 bits per heavy atom. The van der Waals surface area contributed by atoms with Crippen LogP contribution in [0.15, 0.2) is 22.7 Å². The van der Waals surface area contributed by atoms with Crippen LogP contribution in [0.25, 0.3) is 11.0 Å². The van der Waals surface area contributed by atoms with Gasteiger partial charge < -0.3 is 20.8 Å². The number of furan rings is 1. The first-order valence-electron chi connectivity index (χ1n) is 5.82. The molecule has 4 N–H and O–H groups in total. The molecule has 18 heavy (non-hydrogen) atoms. The second kappa shape index (κ2) is 3.99. The molecule has 1 atom stereocenters. The van der Waals surface area contributed by atoms with Crippen molar-refractivity contribution >= 4 is 22.7 Å². The van der Waals surface area contributed by atoms with Gasteiger partial charge in [-0.25, -0.2) is 4.98 Å². The van der Waals surface area contributed by atoms with Crippen molar-refractivity contribution < 1.29 is 9.21 Å². The molecule has 3 rings (SSSR count). The second-order valence-corrected chi connectivity index (χ2v) is 4.48.